The van der Waals surface area contributed by atoms with Gasteiger partial charge < -0.3 is 14.8 Å². The van der Waals surface area contributed by atoms with Crippen molar-refractivity contribution in [1.82, 2.24) is 20.4 Å². The van der Waals surface area contributed by atoms with E-state index < -0.39 is 0 Å². The lowest BCUT2D eigenvalue weighted by Gasteiger charge is -2.17. The average molecular weight is 334 g/mol. The lowest BCUT2D eigenvalue weighted by atomic mass is 9.94. The number of nitrogens with zero attached hydrogens (tertiary/aromatic N) is 2. The van der Waals surface area contributed by atoms with E-state index in [2.05, 4.69) is 32.6 Å². The second kappa shape index (κ2) is 5.58. The van der Waals surface area contributed by atoms with E-state index in [4.69, 9.17) is 4.52 Å². The molecule has 3 aromatic rings. The number of allylic oxidation sites excluding steroid dienone is 2. The first-order valence-electron chi connectivity index (χ1n) is 8.64. The molecule has 1 fully saturated rings. The van der Waals surface area contributed by atoms with Crippen molar-refractivity contribution in [2.75, 3.05) is 6.54 Å². The standard InChI is InChI=1S/C19H18N4O2/c24-18(21-10-15-8-11-1-2-12(15)7-11)19-22-17(23-25-19)14-3-4-16-13(9-14)5-6-20-16/h1-6,9,11-12,15,20H,7-8,10H2,(H,21,24)/t11-,12-,15+/m0/s1. The van der Waals surface area contributed by atoms with Crippen molar-refractivity contribution >= 4 is 16.8 Å². The molecule has 0 radical (unpaired) electrons. The van der Waals surface area contributed by atoms with E-state index >= 15 is 0 Å². The second-order valence-electron chi connectivity index (χ2n) is 6.95. The number of aromatic amines is 1. The molecule has 2 heterocycles. The molecule has 126 valence electrons. The van der Waals surface area contributed by atoms with E-state index in [9.17, 15) is 4.79 Å². The molecule has 6 heteroatoms. The molecule has 3 atom stereocenters. The summed E-state index contributed by atoms with van der Waals surface area (Å²) in [5.41, 5.74) is 1.87. The number of H-pyrrole nitrogens is 1. The van der Waals surface area contributed by atoms with Crippen molar-refractivity contribution in [3.63, 3.8) is 0 Å². The van der Waals surface area contributed by atoms with Crippen molar-refractivity contribution in [2.24, 2.45) is 17.8 Å². The van der Waals surface area contributed by atoms with Crippen LogP contribution >= 0.6 is 0 Å². The molecule has 1 amide bonds. The van der Waals surface area contributed by atoms with Crippen LogP contribution in [0, 0.1) is 17.8 Å². The fourth-order valence-corrected chi connectivity index (χ4v) is 4.05. The molecule has 2 N–H and O–H groups in total. The third-order valence-corrected chi connectivity index (χ3v) is 5.37. The number of carbonyl (C=O) groups excluding carboxylic acids is 1. The van der Waals surface area contributed by atoms with Gasteiger partial charge in [-0.05, 0) is 54.9 Å². The molecular weight excluding hydrogens is 316 g/mol. The minimum atomic E-state index is -0.298. The molecule has 25 heavy (non-hydrogen) atoms. The number of amides is 1. The average Bonchev–Trinajstić information content (AvgIpc) is 3.42. The maximum absolute atomic E-state index is 12.3. The van der Waals surface area contributed by atoms with Gasteiger partial charge in [-0.1, -0.05) is 17.3 Å². The Kier molecular flexibility index (Phi) is 3.23. The van der Waals surface area contributed by atoms with Crippen LogP contribution in [0.3, 0.4) is 0 Å². The normalized spacial score (nSPS) is 24.2. The van der Waals surface area contributed by atoms with Gasteiger partial charge in [-0.3, -0.25) is 4.79 Å². The van der Waals surface area contributed by atoms with Gasteiger partial charge in [0.05, 0.1) is 0 Å². The van der Waals surface area contributed by atoms with E-state index in [1.54, 1.807) is 0 Å². The highest BCUT2D eigenvalue weighted by Crippen LogP contribution is 2.42. The number of carbonyl (C=O) groups is 1. The van der Waals surface area contributed by atoms with Gasteiger partial charge in [-0.25, -0.2) is 0 Å². The van der Waals surface area contributed by atoms with Crippen LogP contribution in [-0.4, -0.2) is 27.6 Å². The highest BCUT2D eigenvalue weighted by Gasteiger charge is 2.35. The van der Waals surface area contributed by atoms with E-state index in [1.807, 2.05) is 30.5 Å². The van der Waals surface area contributed by atoms with E-state index in [1.165, 1.54) is 6.42 Å². The third kappa shape index (κ3) is 2.54. The van der Waals surface area contributed by atoms with Crippen LogP contribution in [0.4, 0.5) is 0 Å². The van der Waals surface area contributed by atoms with Crippen molar-refractivity contribution in [1.29, 1.82) is 0 Å². The van der Waals surface area contributed by atoms with Crippen molar-refractivity contribution < 1.29 is 9.32 Å². The Hall–Kier alpha value is -2.89. The lowest BCUT2D eigenvalue weighted by molar-refractivity contribution is 0.0901. The smallest absolute Gasteiger partial charge is 0.316 e. The van der Waals surface area contributed by atoms with Crippen LogP contribution in [0.25, 0.3) is 22.3 Å². The third-order valence-electron chi connectivity index (χ3n) is 5.37. The first kappa shape index (κ1) is 14.5. The minimum Gasteiger partial charge on any atom is -0.361 e. The maximum atomic E-state index is 12.3. The summed E-state index contributed by atoms with van der Waals surface area (Å²) in [5.74, 6) is 1.98. The number of rotatable bonds is 4. The van der Waals surface area contributed by atoms with Gasteiger partial charge in [0.15, 0.2) is 0 Å². The largest absolute Gasteiger partial charge is 0.361 e. The van der Waals surface area contributed by atoms with Gasteiger partial charge >= 0.3 is 11.8 Å². The summed E-state index contributed by atoms with van der Waals surface area (Å²) in [6.45, 7) is 0.664. The lowest BCUT2D eigenvalue weighted by Crippen LogP contribution is -2.31. The Morgan fingerprint density at radius 1 is 1.28 bits per heavy atom. The summed E-state index contributed by atoms with van der Waals surface area (Å²) in [4.78, 5) is 19.7. The number of hydrogen-bond donors (Lipinski definition) is 2. The number of benzene rings is 1. The molecule has 0 saturated heterocycles. The van der Waals surface area contributed by atoms with E-state index in [0.29, 0.717) is 30.1 Å². The number of hydrogen-bond acceptors (Lipinski definition) is 4. The molecule has 1 aromatic carbocycles. The SMILES string of the molecule is O=C(NC[C@H]1C[C@H]2C=C[C@H]1C2)c1nc(-c2ccc3[nH]ccc3c2)no1. The molecule has 6 nitrogen and oxygen atoms in total. The number of aromatic nitrogens is 3. The Bertz CT molecular complexity index is 971. The zero-order chi connectivity index (χ0) is 16.8. The van der Waals surface area contributed by atoms with E-state index in [-0.39, 0.29) is 11.8 Å². The maximum Gasteiger partial charge on any atom is 0.316 e. The van der Waals surface area contributed by atoms with E-state index in [0.717, 1.165) is 22.9 Å². The van der Waals surface area contributed by atoms with Crippen LogP contribution in [0.1, 0.15) is 23.5 Å². The number of fused-ring (bicyclic) bond motifs is 3. The Morgan fingerprint density at radius 3 is 3.08 bits per heavy atom. The van der Waals surface area contributed by atoms with Crippen LogP contribution in [-0.2, 0) is 0 Å². The Labute approximate surface area is 144 Å². The summed E-state index contributed by atoms with van der Waals surface area (Å²) in [7, 11) is 0. The van der Waals surface area contributed by atoms with Gasteiger partial charge in [0.1, 0.15) is 0 Å². The van der Waals surface area contributed by atoms with Crippen molar-refractivity contribution in [2.45, 2.75) is 12.8 Å². The summed E-state index contributed by atoms with van der Waals surface area (Å²) in [6, 6.07) is 7.83. The molecule has 2 aliphatic rings. The van der Waals surface area contributed by atoms with Gasteiger partial charge in [0, 0.05) is 29.2 Å². The molecule has 5 rings (SSSR count). The fourth-order valence-electron chi connectivity index (χ4n) is 4.05. The highest BCUT2D eigenvalue weighted by atomic mass is 16.5. The monoisotopic (exact) mass is 334 g/mol. The van der Waals surface area contributed by atoms with Gasteiger partial charge in [-0.15, -0.1) is 0 Å². The summed E-state index contributed by atoms with van der Waals surface area (Å²) in [6.07, 6.45) is 8.86. The van der Waals surface area contributed by atoms with Crippen LogP contribution in [0.2, 0.25) is 0 Å². The zero-order valence-electron chi connectivity index (χ0n) is 13.6. The molecule has 0 spiro atoms. The molecule has 2 aromatic heterocycles. The Morgan fingerprint density at radius 2 is 2.24 bits per heavy atom. The minimum absolute atomic E-state index is 0.0165. The number of nitrogens with one attached hydrogen (secondary N) is 2. The molecule has 0 unspecified atom stereocenters. The second-order valence-corrected chi connectivity index (χ2v) is 6.95. The van der Waals surface area contributed by atoms with Gasteiger partial charge in [0.2, 0.25) is 5.82 Å². The Balaban J connectivity index is 1.28. The fraction of sp³-hybridized carbons (Fsp3) is 0.316. The van der Waals surface area contributed by atoms with Crippen LogP contribution in [0.5, 0.6) is 0 Å². The quantitative estimate of drug-likeness (QED) is 0.718. The van der Waals surface area contributed by atoms with Gasteiger partial charge in [0.25, 0.3) is 0 Å². The summed E-state index contributed by atoms with van der Waals surface area (Å²) in [5, 5.41) is 7.96. The molecule has 0 aliphatic heterocycles. The first-order chi connectivity index (χ1) is 12.3. The molecular formula is C19H18N4O2. The van der Waals surface area contributed by atoms with Crippen molar-refractivity contribution in [3.05, 3.63) is 48.5 Å². The first-order valence-corrected chi connectivity index (χ1v) is 8.64. The highest BCUT2D eigenvalue weighted by molar-refractivity contribution is 5.90. The van der Waals surface area contributed by atoms with Gasteiger partial charge in [-0.2, -0.15) is 4.98 Å². The zero-order valence-corrected chi connectivity index (χ0v) is 13.6. The topological polar surface area (TPSA) is 83.8 Å². The summed E-state index contributed by atoms with van der Waals surface area (Å²) >= 11 is 0. The summed E-state index contributed by atoms with van der Waals surface area (Å²) < 4.78 is 5.16. The molecule has 2 aliphatic carbocycles. The predicted octanol–water partition coefficient (Wildman–Crippen LogP) is 3.16. The van der Waals surface area contributed by atoms with Crippen LogP contribution < -0.4 is 5.32 Å². The predicted molar refractivity (Wildman–Crippen MR) is 92.8 cm³/mol. The van der Waals surface area contributed by atoms with Crippen molar-refractivity contribution in [3.8, 4) is 11.4 Å². The molecule has 1 saturated carbocycles. The van der Waals surface area contributed by atoms with Crippen LogP contribution in [0.15, 0.2) is 47.1 Å². The molecule has 2 bridgehead atoms.